The summed E-state index contributed by atoms with van der Waals surface area (Å²) in [6, 6.07) is 19.1. The predicted octanol–water partition coefficient (Wildman–Crippen LogP) is 2.96. The van der Waals surface area contributed by atoms with Crippen LogP contribution < -0.4 is 17.2 Å². The van der Waals surface area contributed by atoms with Crippen molar-refractivity contribution in [3.8, 4) is 0 Å². The summed E-state index contributed by atoms with van der Waals surface area (Å²) < 4.78 is 0. The molecule has 1 unspecified atom stereocenters. The van der Waals surface area contributed by atoms with Crippen LogP contribution in [0.1, 0.15) is 31.1 Å². The monoisotopic (exact) mass is 445 g/mol. The SMILES string of the molecule is Nc1ccccc1C(=O)O.Nc1ccccc1C(=O)O.Nc1ccccc1C(=O)O.P. The number of carbonyl (C=O) groups is 3. The molecule has 31 heavy (non-hydrogen) atoms. The van der Waals surface area contributed by atoms with Gasteiger partial charge >= 0.3 is 17.9 Å². The molecular formula is C21H24N3O6P. The number of nitrogen functional groups attached to an aromatic ring is 3. The van der Waals surface area contributed by atoms with Crippen molar-refractivity contribution in [3.63, 3.8) is 0 Å². The molecule has 0 saturated heterocycles. The van der Waals surface area contributed by atoms with Crippen molar-refractivity contribution in [2.45, 2.75) is 0 Å². The van der Waals surface area contributed by atoms with Gasteiger partial charge in [-0.25, -0.2) is 14.4 Å². The van der Waals surface area contributed by atoms with Crippen molar-refractivity contribution in [1.29, 1.82) is 0 Å². The molecule has 3 aromatic rings. The molecule has 0 spiro atoms. The minimum atomic E-state index is -0.988. The van der Waals surface area contributed by atoms with Gasteiger partial charge in [0.2, 0.25) is 0 Å². The molecule has 0 aliphatic carbocycles. The Bertz CT molecular complexity index is 911. The third kappa shape index (κ3) is 8.84. The van der Waals surface area contributed by atoms with Gasteiger partial charge in [-0.2, -0.15) is 9.90 Å². The lowest BCUT2D eigenvalue weighted by molar-refractivity contribution is 0.0687. The van der Waals surface area contributed by atoms with Crippen LogP contribution in [-0.2, 0) is 0 Å². The van der Waals surface area contributed by atoms with Crippen molar-refractivity contribution >= 4 is 44.9 Å². The number of hydrogen-bond acceptors (Lipinski definition) is 6. The highest BCUT2D eigenvalue weighted by atomic mass is 31.0. The zero-order valence-corrected chi connectivity index (χ0v) is 17.8. The summed E-state index contributed by atoms with van der Waals surface area (Å²) in [5, 5.41) is 25.5. The minimum absolute atomic E-state index is 0. The number of carboxylic acid groups (broad SMARTS) is 3. The second-order valence-corrected chi connectivity index (χ2v) is 5.68. The number of aromatic carboxylic acids is 3. The zero-order chi connectivity index (χ0) is 22.7. The van der Waals surface area contributed by atoms with Crippen LogP contribution in [0.4, 0.5) is 17.1 Å². The fourth-order valence-electron chi connectivity index (χ4n) is 2.08. The molecule has 0 aliphatic heterocycles. The van der Waals surface area contributed by atoms with Gasteiger partial charge in [-0.3, -0.25) is 0 Å². The molecule has 0 fully saturated rings. The van der Waals surface area contributed by atoms with Gasteiger partial charge in [0.05, 0.1) is 16.7 Å². The van der Waals surface area contributed by atoms with Crippen LogP contribution >= 0.6 is 9.90 Å². The second-order valence-electron chi connectivity index (χ2n) is 5.68. The van der Waals surface area contributed by atoms with E-state index in [-0.39, 0.29) is 26.6 Å². The Kier molecular flexibility index (Phi) is 11.4. The summed E-state index contributed by atoms with van der Waals surface area (Å²) in [7, 11) is 0. The van der Waals surface area contributed by atoms with Crippen molar-refractivity contribution < 1.29 is 29.7 Å². The highest BCUT2D eigenvalue weighted by molar-refractivity contribution is 6.92. The first-order chi connectivity index (χ1) is 14.1. The predicted molar refractivity (Wildman–Crippen MR) is 125 cm³/mol. The number of nitrogens with two attached hydrogens (primary N) is 3. The third-order valence-electron chi connectivity index (χ3n) is 3.57. The van der Waals surface area contributed by atoms with Crippen LogP contribution in [0.2, 0.25) is 0 Å². The first-order valence-electron chi connectivity index (χ1n) is 8.38. The van der Waals surface area contributed by atoms with Crippen LogP contribution in [0, 0.1) is 0 Å². The van der Waals surface area contributed by atoms with Crippen LogP contribution in [0.3, 0.4) is 0 Å². The summed E-state index contributed by atoms with van der Waals surface area (Å²) in [5.41, 5.74) is 17.4. The van der Waals surface area contributed by atoms with Crippen molar-refractivity contribution in [2.75, 3.05) is 17.2 Å². The average molecular weight is 445 g/mol. The molecule has 0 heterocycles. The Morgan fingerprint density at radius 2 is 0.677 bits per heavy atom. The highest BCUT2D eigenvalue weighted by Gasteiger charge is 2.05. The molecule has 0 radical (unpaired) electrons. The fourth-order valence-corrected chi connectivity index (χ4v) is 2.08. The van der Waals surface area contributed by atoms with Gasteiger partial charge in [-0.15, -0.1) is 0 Å². The Balaban J connectivity index is 0.000000429. The summed E-state index contributed by atoms with van der Waals surface area (Å²) >= 11 is 0. The molecule has 10 heteroatoms. The van der Waals surface area contributed by atoms with Crippen molar-refractivity contribution in [1.82, 2.24) is 0 Å². The Labute approximate surface area is 181 Å². The Morgan fingerprint density at radius 1 is 0.484 bits per heavy atom. The van der Waals surface area contributed by atoms with Crippen molar-refractivity contribution in [3.05, 3.63) is 89.5 Å². The van der Waals surface area contributed by atoms with E-state index in [1.165, 1.54) is 18.2 Å². The fraction of sp³-hybridized carbons (Fsp3) is 0. The maximum Gasteiger partial charge on any atom is 0.337 e. The molecule has 3 aromatic carbocycles. The number of carboxylic acids is 3. The average Bonchev–Trinajstić information content (AvgIpc) is 2.69. The van der Waals surface area contributed by atoms with Gasteiger partial charge in [0.15, 0.2) is 0 Å². The number of rotatable bonds is 3. The van der Waals surface area contributed by atoms with Gasteiger partial charge in [0.1, 0.15) is 0 Å². The maximum absolute atomic E-state index is 10.3. The number of para-hydroxylation sites is 3. The molecule has 3 rings (SSSR count). The number of hydrogen-bond donors (Lipinski definition) is 6. The van der Waals surface area contributed by atoms with Gasteiger partial charge in [-0.05, 0) is 36.4 Å². The van der Waals surface area contributed by atoms with E-state index < -0.39 is 17.9 Å². The molecule has 1 atom stereocenters. The molecule has 9 nitrogen and oxygen atoms in total. The lowest BCUT2D eigenvalue weighted by Crippen LogP contribution is -2.00. The molecule has 0 amide bonds. The third-order valence-corrected chi connectivity index (χ3v) is 3.57. The van der Waals surface area contributed by atoms with E-state index in [1.54, 1.807) is 54.6 Å². The topological polar surface area (TPSA) is 190 Å². The van der Waals surface area contributed by atoms with Gasteiger partial charge in [0.25, 0.3) is 0 Å². The second kappa shape index (κ2) is 13.2. The van der Waals surface area contributed by atoms with Crippen LogP contribution in [0.15, 0.2) is 72.8 Å². The molecule has 0 saturated carbocycles. The zero-order valence-electron chi connectivity index (χ0n) is 16.4. The standard InChI is InChI=1S/3C7H7NO2.H3P/c3*8-6-4-2-1-3-5(6)7(9)10;/h3*1-4H,8H2,(H,9,10);1H3. The summed E-state index contributed by atoms with van der Waals surface area (Å²) in [6.45, 7) is 0. The van der Waals surface area contributed by atoms with E-state index in [1.807, 2.05) is 0 Å². The van der Waals surface area contributed by atoms with E-state index in [2.05, 4.69) is 0 Å². The molecule has 0 bridgehead atoms. The Morgan fingerprint density at radius 3 is 0.806 bits per heavy atom. The van der Waals surface area contributed by atoms with Gasteiger partial charge in [0, 0.05) is 17.1 Å². The van der Waals surface area contributed by atoms with Gasteiger partial charge in [-0.1, -0.05) is 36.4 Å². The molecular weight excluding hydrogens is 421 g/mol. The molecule has 9 N–H and O–H groups in total. The molecule has 164 valence electrons. The Hall–Kier alpha value is -4.10. The maximum atomic E-state index is 10.3. The van der Waals surface area contributed by atoms with Crippen LogP contribution in [0.25, 0.3) is 0 Å². The van der Waals surface area contributed by atoms with E-state index >= 15 is 0 Å². The smallest absolute Gasteiger partial charge is 0.337 e. The van der Waals surface area contributed by atoms with E-state index in [0.717, 1.165) is 0 Å². The van der Waals surface area contributed by atoms with Gasteiger partial charge < -0.3 is 32.5 Å². The van der Waals surface area contributed by atoms with Crippen molar-refractivity contribution in [2.24, 2.45) is 0 Å². The highest BCUT2D eigenvalue weighted by Crippen LogP contribution is 2.10. The van der Waals surface area contributed by atoms with Crippen LogP contribution in [0.5, 0.6) is 0 Å². The lowest BCUT2D eigenvalue weighted by atomic mass is 10.2. The normalized spacial score (nSPS) is 8.90. The minimum Gasteiger partial charge on any atom is -0.478 e. The van der Waals surface area contributed by atoms with Crippen LogP contribution in [-0.4, -0.2) is 33.2 Å². The first kappa shape index (κ1) is 26.9. The van der Waals surface area contributed by atoms with E-state index in [4.69, 9.17) is 32.5 Å². The number of anilines is 3. The largest absolute Gasteiger partial charge is 0.478 e. The first-order valence-corrected chi connectivity index (χ1v) is 8.38. The lowest BCUT2D eigenvalue weighted by Gasteiger charge is -1.96. The summed E-state index contributed by atoms with van der Waals surface area (Å²) in [6.07, 6.45) is 0. The van der Waals surface area contributed by atoms with E-state index in [0.29, 0.717) is 17.1 Å². The summed E-state index contributed by atoms with van der Waals surface area (Å²) in [4.78, 5) is 31.0. The molecule has 0 aliphatic rings. The number of benzene rings is 3. The molecule has 0 aromatic heterocycles. The quantitative estimate of drug-likeness (QED) is 0.260. The van der Waals surface area contributed by atoms with E-state index in [9.17, 15) is 14.4 Å². The summed E-state index contributed by atoms with van der Waals surface area (Å²) in [5.74, 6) is -2.96.